The number of nitrogens with zero attached hydrogens (tertiary/aromatic N) is 4. The molecule has 0 fully saturated rings. The van der Waals surface area contributed by atoms with Gasteiger partial charge in [0, 0.05) is 24.2 Å². The van der Waals surface area contributed by atoms with Crippen LogP contribution in [0.25, 0.3) is 16.9 Å². The lowest BCUT2D eigenvalue weighted by molar-refractivity contribution is 0.0690. The molecule has 0 saturated heterocycles. The number of aromatic carboxylic acids is 1. The first-order valence-corrected chi connectivity index (χ1v) is 5.24. The average Bonchev–Trinajstić information content (AvgIpc) is 2.86. The number of aromatic nitrogens is 4. The molecule has 0 aliphatic heterocycles. The molecule has 0 amide bonds. The molecule has 6 nitrogen and oxygen atoms in total. The fourth-order valence-corrected chi connectivity index (χ4v) is 1.68. The Morgan fingerprint density at radius 3 is 2.94 bits per heavy atom. The summed E-state index contributed by atoms with van der Waals surface area (Å²) in [5.74, 6) is -0.678. The molecule has 18 heavy (non-hydrogen) atoms. The summed E-state index contributed by atoms with van der Waals surface area (Å²) >= 11 is 0. The fraction of sp³-hybridized carbons (Fsp3) is 0. The number of rotatable bonds is 2. The van der Waals surface area contributed by atoms with E-state index in [0.29, 0.717) is 5.82 Å². The summed E-state index contributed by atoms with van der Waals surface area (Å²) < 4.78 is 1.71. The van der Waals surface area contributed by atoms with Crippen molar-refractivity contribution in [2.75, 3.05) is 0 Å². The predicted octanol–water partition coefficient (Wildman–Crippen LogP) is 1.49. The van der Waals surface area contributed by atoms with Gasteiger partial charge in [0.15, 0.2) is 11.5 Å². The molecule has 3 aromatic rings. The van der Waals surface area contributed by atoms with Gasteiger partial charge in [0.2, 0.25) is 0 Å². The largest absolute Gasteiger partial charge is 0.477 e. The third kappa shape index (κ3) is 1.69. The lowest BCUT2D eigenvalue weighted by atomic mass is 10.2. The zero-order chi connectivity index (χ0) is 12.5. The third-order valence-corrected chi connectivity index (χ3v) is 2.53. The molecule has 3 heterocycles. The summed E-state index contributed by atoms with van der Waals surface area (Å²) in [6.45, 7) is 0. The molecular formula is C12H8N4O2. The van der Waals surface area contributed by atoms with Crippen LogP contribution in [0.1, 0.15) is 10.5 Å². The van der Waals surface area contributed by atoms with Crippen molar-refractivity contribution in [3.63, 3.8) is 0 Å². The number of carboxylic acid groups (broad SMARTS) is 1. The summed E-state index contributed by atoms with van der Waals surface area (Å²) in [6, 6.07) is 6.86. The second kappa shape index (κ2) is 3.92. The SMILES string of the molecule is O=C(O)c1ccnc(-c2ccn3nccc3c2)n1. The summed E-state index contributed by atoms with van der Waals surface area (Å²) in [7, 11) is 0. The number of pyridine rings is 1. The monoisotopic (exact) mass is 240 g/mol. The fourth-order valence-electron chi connectivity index (χ4n) is 1.68. The molecule has 0 atom stereocenters. The summed E-state index contributed by atoms with van der Waals surface area (Å²) in [4.78, 5) is 18.9. The third-order valence-electron chi connectivity index (χ3n) is 2.53. The second-order valence-electron chi connectivity index (χ2n) is 3.69. The standard InChI is InChI=1S/C12H8N4O2/c17-12(18)10-2-4-13-11(15-10)8-3-6-16-9(7-8)1-5-14-16/h1-7H,(H,17,18). The van der Waals surface area contributed by atoms with Crippen molar-refractivity contribution in [3.8, 4) is 11.4 Å². The maximum atomic E-state index is 10.9. The van der Waals surface area contributed by atoms with E-state index >= 15 is 0 Å². The number of hydrogen-bond donors (Lipinski definition) is 1. The van der Waals surface area contributed by atoms with Gasteiger partial charge in [0.1, 0.15) is 0 Å². The molecule has 0 spiro atoms. The minimum atomic E-state index is -1.07. The van der Waals surface area contributed by atoms with Gasteiger partial charge in [-0.2, -0.15) is 5.10 Å². The van der Waals surface area contributed by atoms with Gasteiger partial charge in [-0.25, -0.2) is 19.3 Å². The van der Waals surface area contributed by atoms with Crippen molar-refractivity contribution in [2.45, 2.75) is 0 Å². The number of carboxylic acids is 1. The topological polar surface area (TPSA) is 80.4 Å². The highest BCUT2D eigenvalue weighted by Crippen LogP contribution is 2.16. The van der Waals surface area contributed by atoms with E-state index in [1.165, 1.54) is 12.3 Å². The first-order valence-electron chi connectivity index (χ1n) is 5.24. The van der Waals surface area contributed by atoms with Gasteiger partial charge in [-0.05, 0) is 24.3 Å². The maximum Gasteiger partial charge on any atom is 0.354 e. The lowest BCUT2D eigenvalue weighted by Gasteiger charge is -2.01. The van der Waals surface area contributed by atoms with E-state index in [9.17, 15) is 4.79 Å². The van der Waals surface area contributed by atoms with Crippen molar-refractivity contribution in [1.29, 1.82) is 0 Å². The zero-order valence-corrected chi connectivity index (χ0v) is 9.19. The van der Waals surface area contributed by atoms with Crippen molar-refractivity contribution >= 4 is 11.5 Å². The average molecular weight is 240 g/mol. The molecule has 1 N–H and O–H groups in total. The highest BCUT2D eigenvalue weighted by Gasteiger charge is 2.08. The summed E-state index contributed by atoms with van der Waals surface area (Å²) in [5.41, 5.74) is 1.64. The Hall–Kier alpha value is -2.76. The molecule has 0 aliphatic carbocycles. The van der Waals surface area contributed by atoms with Crippen LogP contribution >= 0.6 is 0 Å². The number of carbonyl (C=O) groups is 1. The number of hydrogen-bond acceptors (Lipinski definition) is 4. The van der Waals surface area contributed by atoms with Gasteiger partial charge in [-0.1, -0.05) is 0 Å². The van der Waals surface area contributed by atoms with Gasteiger partial charge in [0.25, 0.3) is 0 Å². The van der Waals surface area contributed by atoms with E-state index < -0.39 is 5.97 Å². The molecule has 0 unspecified atom stereocenters. The van der Waals surface area contributed by atoms with Crippen molar-refractivity contribution in [3.05, 3.63) is 48.5 Å². The highest BCUT2D eigenvalue weighted by molar-refractivity contribution is 5.85. The lowest BCUT2D eigenvalue weighted by Crippen LogP contribution is -2.02. The molecule has 6 heteroatoms. The van der Waals surface area contributed by atoms with E-state index in [2.05, 4.69) is 15.1 Å². The molecule has 0 bridgehead atoms. The summed E-state index contributed by atoms with van der Waals surface area (Å²) in [6.07, 6.45) is 4.90. The van der Waals surface area contributed by atoms with Crippen molar-refractivity contribution in [2.24, 2.45) is 0 Å². The van der Waals surface area contributed by atoms with Gasteiger partial charge in [-0.3, -0.25) is 0 Å². The zero-order valence-electron chi connectivity index (χ0n) is 9.19. The molecule has 3 rings (SSSR count). The number of fused-ring (bicyclic) bond motifs is 1. The molecule has 3 aromatic heterocycles. The van der Waals surface area contributed by atoms with Gasteiger partial charge < -0.3 is 5.11 Å². The predicted molar refractivity (Wildman–Crippen MR) is 63.2 cm³/mol. The maximum absolute atomic E-state index is 10.9. The van der Waals surface area contributed by atoms with Crippen LogP contribution in [0.4, 0.5) is 0 Å². The van der Waals surface area contributed by atoms with Gasteiger partial charge >= 0.3 is 5.97 Å². The van der Waals surface area contributed by atoms with Crippen LogP contribution in [0.5, 0.6) is 0 Å². The van der Waals surface area contributed by atoms with Crippen LogP contribution in [0.15, 0.2) is 42.9 Å². The highest BCUT2D eigenvalue weighted by atomic mass is 16.4. The van der Waals surface area contributed by atoms with Crippen molar-refractivity contribution < 1.29 is 9.90 Å². The Kier molecular flexibility index (Phi) is 2.26. The smallest absolute Gasteiger partial charge is 0.354 e. The van der Waals surface area contributed by atoms with Gasteiger partial charge in [-0.15, -0.1) is 0 Å². The van der Waals surface area contributed by atoms with E-state index in [0.717, 1.165) is 11.1 Å². The normalized spacial score (nSPS) is 10.7. The minimum absolute atomic E-state index is 0.0200. The van der Waals surface area contributed by atoms with Crippen LogP contribution in [0.3, 0.4) is 0 Å². The molecule has 0 radical (unpaired) electrons. The Morgan fingerprint density at radius 2 is 2.11 bits per heavy atom. The van der Waals surface area contributed by atoms with Crippen LogP contribution in [-0.4, -0.2) is 30.7 Å². The van der Waals surface area contributed by atoms with E-state index in [1.807, 2.05) is 12.1 Å². The molecule has 0 saturated carbocycles. The Bertz CT molecular complexity index is 736. The second-order valence-corrected chi connectivity index (χ2v) is 3.69. The Balaban J connectivity index is 2.13. The Labute approximate surface area is 102 Å². The molecule has 0 aromatic carbocycles. The summed E-state index contributed by atoms with van der Waals surface area (Å²) in [5, 5.41) is 13.0. The van der Waals surface area contributed by atoms with E-state index in [1.54, 1.807) is 23.0 Å². The first-order chi connectivity index (χ1) is 8.74. The van der Waals surface area contributed by atoms with E-state index in [4.69, 9.17) is 5.11 Å². The first kappa shape index (κ1) is 10.4. The van der Waals surface area contributed by atoms with Crippen LogP contribution in [0, 0.1) is 0 Å². The van der Waals surface area contributed by atoms with Crippen LogP contribution in [0.2, 0.25) is 0 Å². The van der Waals surface area contributed by atoms with Crippen LogP contribution in [-0.2, 0) is 0 Å². The minimum Gasteiger partial charge on any atom is -0.477 e. The van der Waals surface area contributed by atoms with E-state index in [-0.39, 0.29) is 5.69 Å². The molecular weight excluding hydrogens is 232 g/mol. The quantitative estimate of drug-likeness (QED) is 0.734. The molecule has 88 valence electrons. The van der Waals surface area contributed by atoms with Crippen molar-refractivity contribution in [1.82, 2.24) is 19.6 Å². The molecule has 0 aliphatic rings. The van der Waals surface area contributed by atoms with Crippen LogP contribution < -0.4 is 0 Å². The Morgan fingerprint density at radius 1 is 1.22 bits per heavy atom. The van der Waals surface area contributed by atoms with Gasteiger partial charge in [0.05, 0.1) is 5.52 Å².